The van der Waals surface area contributed by atoms with Crippen LogP contribution in [0.25, 0.3) is 0 Å². The largest absolute Gasteiger partial charge is 0.490 e. The van der Waals surface area contributed by atoms with E-state index in [4.69, 9.17) is 10.00 Å². The monoisotopic (exact) mass is 455 g/mol. The second-order valence-electron chi connectivity index (χ2n) is 11.0. The standard InChI is InChI=1S/C30H37N3O/c31-21-22-9-11-27(12-10-22)34-28-19-26(20-28)33-17-14-25(15-18-33)30(24-6-2-3-7-24)29-8-4-1-5-23(29)13-16-32-30/h1,4-5,8-12,24-26,28,32H,2-3,6-7,13-20H2/t26-,28-,30?. The van der Waals surface area contributed by atoms with Crippen LogP contribution < -0.4 is 10.1 Å². The minimum Gasteiger partial charge on any atom is -0.490 e. The van der Waals surface area contributed by atoms with Gasteiger partial charge in [-0.2, -0.15) is 5.26 Å². The number of hydrogen-bond acceptors (Lipinski definition) is 4. The van der Waals surface area contributed by atoms with Gasteiger partial charge in [-0.1, -0.05) is 37.1 Å². The normalized spacial score (nSPS) is 30.3. The van der Waals surface area contributed by atoms with Crippen LogP contribution in [-0.4, -0.2) is 36.7 Å². The molecule has 0 aromatic heterocycles. The lowest BCUT2D eigenvalue weighted by Gasteiger charge is -2.53. The Kier molecular flexibility index (Phi) is 6.09. The highest BCUT2D eigenvalue weighted by molar-refractivity contribution is 5.38. The van der Waals surface area contributed by atoms with Crippen molar-refractivity contribution in [2.45, 2.75) is 75.5 Å². The molecule has 2 aliphatic carbocycles. The molecule has 2 aromatic rings. The van der Waals surface area contributed by atoms with Crippen LogP contribution in [0, 0.1) is 23.2 Å². The van der Waals surface area contributed by atoms with E-state index in [1.165, 1.54) is 58.0 Å². The number of likely N-dealkylation sites (tertiary alicyclic amines) is 1. The lowest BCUT2D eigenvalue weighted by molar-refractivity contribution is -0.0170. The Morgan fingerprint density at radius 1 is 0.912 bits per heavy atom. The second-order valence-corrected chi connectivity index (χ2v) is 11.0. The van der Waals surface area contributed by atoms with Crippen LogP contribution in [0.3, 0.4) is 0 Å². The van der Waals surface area contributed by atoms with Crippen LogP contribution >= 0.6 is 0 Å². The first-order valence-corrected chi connectivity index (χ1v) is 13.5. The number of nitriles is 1. The maximum Gasteiger partial charge on any atom is 0.119 e. The van der Waals surface area contributed by atoms with Crippen LogP contribution in [-0.2, 0) is 12.0 Å². The molecule has 6 rings (SSSR count). The maximum atomic E-state index is 8.97. The molecule has 4 heteroatoms. The SMILES string of the molecule is N#Cc1ccc(O[C@H]2C[C@H](N3CCC(C4(C5CCCC5)NCCc5ccccc54)CC3)C2)cc1. The Labute approximate surface area is 204 Å². The van der Waals surface area contributed by atoms with Crippen molar-refractivity contribution in [3.05, 3.63) is 65.2 Å². The van der Waals surface area contributed by atoms with E-state index in [0.717, 1.165) is 37.0 Å². The Morgan fingerprint density at radius 2 is 1.62 bits per heavy atom. The molecule has 4 aliphatic rings. The fourth-order valence-electron chi connectivity index (χ4n) is 7.54. The van der Waals surface area contributed by atoms with Crippen LogP contribution in [0.2, 0.25) is 0 Å². The number of fused-ring (bicyclic) bond motifs is 1. The highest BCUT2D eigenvalue weighted by Gasteiger charge is 2.50. The lowest BCUT2D eigenvalue weighted by Crippen LogP contribution is -2.60. The highest BCUT2D eigenvalue weighted by atomic mass is 16.5. The summed E-state index contributed by atoms with van der Waals surface area (Å²) < 4.78 is 6.16. The molecule has 4 nitrogen and oxygen atoms in total. The summed E-state index contributed by atoms with van der Waals surface area (Å²) in [4.78, 5) is 2.74. The van der Waals surface area contributed by atoms with Crippen molar-refractivity contribution in [3.63, 3.8) is 0 Å². The lowest BCUT2D eigenvalue weighted by atomic mass is 9.63. The van der Waals surface area contributed by atoms with Gasteiger partial charge in [0.25, 0.3) is 0 Å². The first kappa shape index (κ1) is 22.1. The zero-order chi connectivity index (χ0) is 23.0. The van der Waals surface area contributed by atoms with Crippen LogP contribution in [0.4, 0.5) is 0 Å². The predicted molar refractivity (Wildman–Crippen MR) is 135 cm³/mol. The van der Waals surface area contributed by atoms with E-state index in [1.807, 2.05) is 24.3 Å². The first-order valence-electron chi connectivity index (χ1n) is 13.5. The molecule has 178 valence electrons. The summed E-state index contributed by atoms with van der Waals surface area (Å²) in [6.07, 6.45) is 11.9. The van der Waals surface area contributed by atoms with E-state index in [1.54, 1.807) is 11.1 Å². The summed E-state index contributed by atoms with van der Waals surface area (Å²) in [6, 6.07) is 19.7. The van der Waals surface area contributed by atoms with Crippen molar-refractivity contribution < 1.29 is 4.74 Å². The van der Waals surface area contributed by atoms with Gasteiger partial charge < -0.3 is 15.0 Å². The summed E-state index contributed by atoms with van der Waals surface area (Å²) >= 11 is 0. The van der Waals surface area contributed by atoms with Crippen molar-refractivity contribution in [2.24, 2.45) is 11.8 Å². The van der Waals surface area contributed by atoms with E-state index in [9.17, 15) is 0 Å². The Balaban J connectivity index is 1.09. The summed E-state index contributed by atoms with van der Waals surface area (Å²) in [5.41, 5.74) is 4.11. The smallest absolute Gasteiger partial charge is 0.119 e. The number of nitrogens with one attached hydrogen (secondary N) is 1. The zero-order valence-electron chi connectivity index (χ0n) is 20.2. The van der Waals surface area contributed by atoms with Crippen molar-refractivity contribution in [1.29, 1.82) is 5.26 Å². The molecule has 0 spiro atoms. The molecule has 1 atom stereocenters. The molecule has 2 heterocycles. The average Bonchev–Trinajstić information content (AvgIpc) is 3.42. The molecule has 1 N–H and O–H groups in total. The first-order chi connectivity index (χ1) is 16.8. The second kappa shape index (κ2) is 9.36. The summed E-state index contributed by atoms with van der Waals surface area (Å²) in [6.45, 7) is 3.57. The van der Waals surface area contributed by atoms with Crippen molar-refractivity contribution in [1.82, 2.24) is 10.2 Å². The Hall–Kier alpha value is -2.35. The number of benzene rings is 2. The molecule has 1 unspecified atom stereocenters. The van der Waals surface area contributed by atoms with Crippen LogP contribution in [0.15, 0.2) is 48.5 Å². The fourth-order valence-corrected chi connectivity index (χ4v) is 7.54. The van der Waals surface area contributed by atoms with Crippen molar-refractivity contribution in [2.75, 3.05) is 19.6 Å². The number of ether oxygens (including phenoxy) is 1. The van der Waals surface area contributed by atoms with Gasteiger partial charge >= 0.3 is 0 Å². The van der Waals surface area contributed by atoms with Gasteiger partial charge in [0, 0.05) is 31.0 Å². The molecule has 2 aromatic carbocycles. The average molecular weight is 456 g/mol. The number of hydrogen-bond donors (Lipinski definition) is 1. The van der Waals surface area contributed by atoms with Gasteiger partial charge in [0.05, 0.1) is 11.6 Å². The van der Waals surface area contributed by atoms with Gasteiger partial charge in [-0.15, -0.1) is 0 Å². The summed E-state index contributed by atoms with van der Waals surface area (Å²) in [5.74, 6) is 2.42. The van der Waals surface area contributed by atoms with Gasteiger partial charge in [0.1, 0.15) is 11.9 Å². The van der Waals surface area contributed by atoms with Gasteiger partial charge in [-0.3, -0.25) is 0 Å². The molecule has 0 radical (unpaired) electrons. The number of piperidine rings is 1. The molecule has 2 saturated carbocycles. The molecular weight excluding hydrogens is 418 g/mol. The quantitative estimate of drug-likeness (QED) is 0.655. The summed E-state index contributed by atoms with van der Waals surface area (Å²) in [5, 5.41) is 13.1. The van der Waals surface area contributed by atoms with Crippen LogP contribution in [0.5, 0.6) is 5.75 Å². The van der Waals surface area contributed by atoms with Gasteiger partial charge in [0.2, 0.25) is 0 Å². The third-order valence-corrected chi connectivity index (χ3v) is 9.32. The van der Waals surface area contributed by atoms with E-state index in [0.29, 0.717) is 17.7 Å². The van der Waals surface area contributed by atoms with E-state index in [-0.39, 0.29) is 5.54 Å². The molecule has 34 heavy (non-hydrogen) atoms. The third-order valence-electron chi connectivity index (χ3n) is 9.32. The minimum absolute atomic E-state index is 0.193. The van der Waals surface area contributed by atoms with E-state index < -0.39 is 0 Å². The molecule has 2 aliphatic heterocycles. The topological polar surface area (TPSA) is 48.3 Å². The number of rotatable bonds is 5. The Bertz CT molecular complexity index is 1020. The maximum absolute atomic E-state index is 8.97. The molecule has 3 fully saturated rings. The molecule has 0 amide bonds. The van der Waals surface area contributed by atoms with E-state index in [2.05, 4.69) is 40.6 Å². The highest BCUT2D eigenvalue weighted by Crippen LogP contribution is 2.51. The van der Waals surface area contributed by atoms with Crippen molar-refractivity contribution >= 4 is 0 Å². The number of nitrogens with zero attached hydrogens (tertiary/aromatic N) is 2. The van der Waals surface area contributed by atoms with E-state index >= 15 is 0 Å². The predicted octanol–water partition coefficient (Wildman–Crippen LogP) is 5.41. The van der Waals surface area contributed by atoms with Gasteiger partial charge in [0.15, 0.2) is 0 Å². The third kappa shape index (κ3) is 3.93. The summed E-state index contributed by atoms with van der Waals surface area (Å²) in [7, 11) is 0. The molecule has 0 bridgehead atoms. The van der Waals surface area contributed by atoms with Gasteiger partial charge in [-0.25, -0.2) is 0 Å². The fraction of sp³-hybridized carbons (Fsp3) is 0.567. The minimum atomic E-state index is 0.193. The molecule has 1 saturated heterocycles. The zero-order valence-corrected chi connectivity index (χ0v) is 20.2. The van der Waals surface area contributed by atoms with Crippen LogP contribution in [0.1, 0.15) is 68.1 Å². The van der Waals surface area contributed by atoms with Crippen molar-refractivity contribution in [3.8, 4) is 11.8 Å². The molecular formula is C30H37N3O. The Morgan fingerprint density at radius 3 is 2.35 bits per heavy atom. The van der Waals surface area contributed by atoms with Gasteiger partial charge in [-0.05, 0) is 92.4 Å².